The van der Waals surface area contributed by atoms with Crippen LogP contribution in [0.5, 0.6) is 0 Å². The van der Waals surface area contributed by atoms with Crippen LogP contribution in [-0.2, 0) is 11.2 Å². The Morgan fingerprint density at radius 2 is 1.86 bits per heavy atom. The van der Waals surface area contributed by atoms with Gasteiger partial charge < -0.3 is 4.79 Å². The lowest BCUT2D eigenvalue weighted by Gasteiger charge is -2.07. The topological polar surface area (TPSA) is 17.1 Å². The van der Waals surface area contributed by atoms with Crippen LogP contribution in [-0.4, -0.2) is 11.7 Å². The molecule has 1 rings (SSSR count). The van der Waals surface area contributed by atoms with E-state index in [1.54, 1.807) is 0 Å². The van der Waals surface area contributed by atoms with Crippen LogP contribution in [0, 0.1) is 0 Å². The highest BCUT2D eigenvalue weighted by molar-refractivity contribution is 6.27. The first-order valence-electron chi connectivity index (χ1n) is 4.81. The summed E-state index contributed by atoms with van der Waals surface area (Å²) in [5.41, 5.74) is 2.42. The number of benzene rings is 1. The molecule has 0 bridgehead atoms. The normalized spacial score (nSPS) is 12.9. The summed E-state index contributed by atoms with van der Waals surface area (Å²) in [6.45, 7) is 4.32. The largest absolute Gasteiger partial charge is 0.302 e. The third-order valence-electron chi connectivity index (χ3n) is 2.22. The molecule has 76 valence electrons. The number of hydrogen-bond donors (Lipinski definition) is 0. The Balaban J connectivity index is 2.68. The van der Waals surface area contributed by atoms with E-state index < -0.39 is 5.38 Å². The summed E-state index contributed by atoms with van der Waals surface area (Å²) in [5, 5.41) is -0.403. The van der Waals surface area contributed by atoms with Crippen LogP contribution in [0.2, 0.25) is 0 Å². The van der Waals surface area contributed by atoms with Crippen LogP contribution in [0.3, 0.4) is 0 Å². The zero-order valence-electron chi connectivity index (χ0n) is 8.53. The van der Waals surface area contributed by atoms with Gasteiger partial charge in [0, 0.05) is 0 Å². The highest BCUT2D eigenvalue weighted by Crippen LogP contribution is 2.15. The molecule has 0 fully saturated rings. The number of halogens is 1. The minimum atomic E-state index is -0.403. The monoisotopic (exact) mass is 210 g/mol. The molecule has 2 heteroatoms. The van der Waals surface area contributed by atoms with E-state index in [2.05, 4.69) is 26.0 Å². The van der Waals surface area contributed by atoms with E-state index in [1.807, 2.05) is 12.1 Å². The van der Waals surface area contributed by atoms with E-state index in [1.165, 1.54) is 5.56 Å². The van der Waals surface area contributed by atoms with Gasteiger partial charge in [0.2, 0.25) is 0 Å². The van der Waals surface area contributed by atoms with Crippen molar-refractivity contribution in [3.05, 3.63) is 35.4 Å². The summed E-state index contributed by atoms with van der Waals surface area (Å²) in [5.74, 6) is 0.543. The molecule has 1 atom stereocenters. The molecule has 1 nitrogen and oxygen atoms in total. The van der Waals surface area contributed by atoms with Gasteiger partial charge in [-0.2, -0.15) is 0 Å². The number of carbonyl (C=O) groups excluding carboxylic acids is 1. The van der Waals surface area contributed by atoms with Crippen LogP contribution < -0.4 is 0 Å². The lowest BCUT2D eigenvalue weighted by atomic mass is 10.0. The van der Waals surface area contributed by atoms with Crippen molar-refractivity contribution in [1.82, 2.24) is 0 Å². The Morgan fingerprint density at radius 1 is 1.29 bits per heavy atom. The van der Waals surface area contributed by atoms with E-state index in [9.17, 15) is 4.79 Å². The quantitative estimate of drug-likeness (QED) is 0.551. The van der Waals surface area contributed by atoms with E-state index in [0.29, 0.717) is 12.3 Å². The zero-order chi connectivity index (χ0) is 10.6. The zero-order valence-corrected chi connectivity index (χ0v) is 9.29. The molecule has 1 unspecified atom stereocenters. The molecule has 0 saturated heterocycles. The number of hydrogen-bond acceptors (Lipinski definition) is 1. The second kappa shape index (κ2) is 5.16. The summed E-state index contributed by atoms with van der Waals surface area (Å²) in [6, 6.07) is 8.26. The first-order chi connectivity index (χ1) is 6.63. The van der Waals surface area contributed by atoms with Crippen molar-refractivity contribution < 1.29 is 4.79 Å². The second-order valence-corrected chi connectivity index (χ2v) is 4.31. The van der Waals surface area contributed by atoms with Crippen molar-refractivity contribution in [3.8, 4) is 0 Å². The van der Waals surface area contributed by atoms with Gasteiger partial charge in [0.15, 0.2) is 0 Å². The van der Waals surface area contributed by atoms with Crippen LogP contribution >= 0.6 is 11.6 Å². The van der Waals surface area contributed by atoms with Gasteiger partial charge in [0.05, 0.1) is 5.38 Å². The molecule has 0 aliphatic heterocycles. The molecular weight excluding hydrogens is 196 g/mol. The third-order valence-corrected chi connectivity index (χ3v) is 2.48. The van der Waals surface area contributed by atoms with Gasteiger partial charge in [-0.1, -0.05) is 38.1 Å². The van der Waals surface area contributed by atoms with Crippen LogP contribution in [0.15, 0.2) is 24.3 Å². The molecule has 14 heavy (non-hydrogen) atoms. The van der Waals surface area contributed by atoms with Crippen LogP contribution in [0.4, 0.5) is 0 Å². The van der Waals surface area contributed by atoms with Crippen LogP contribution in [0.1, 0.15) is 30.9 Å². The highest BCUT2D eigenvalue weighted by atomic mass is 35.5. The maximum absolute atomic E-state index is 10.4. The predicted octanol–water partition coefficient (Wildman–Crippen LogP) is 3.16. The number of rotatable bonds is 4. The molecule has 0 radical (unpaired) electrons. The van der Waals surface area contributed by atoms with E-state index in [-0.39, 0.29) is 0 Å². The van der Waals surface area contributed by atoms with Gasteiger partial charge in [-0.05, 0) is 23.5 Å². The highest BCUT2D eigenvalue weighted by Gasteiger charge is 2.04. The van der Waals surface area contributed by atoms with Crippen molar-refractivity contribution in [3.63, 3.8) is 0 Å². The molecule has 0 heterocycles. The van der Waals surface area contributed by atoms with E-state index >= 15 is 0 Å². The van der Waals surface area contributed by atoms with Gasteiger partial charge >= 0.3 is 0 Å². The molecule has 1 aromatic rings. The Labute approximate surface area is 90.1 Å². The minimum absolute atomic E-state index is 0.403. The van der Waals surface area contributed by atoms with E-state index in [0.717, 1.165) is 11.8 Å². The summed E-state index contributed by atoms with van der Waals surface area (Å²) in [4.78, 5) is 10.4. The lowest BCUT2D eigenvalue weighted by molar-refractivity contribution is -0.107. The van der Waals surface area contributed by atoms with Crippen molar-refractivity contribution in [2.75, 3.05) is 0 Å². The van der Waals surface area contributed by atoms with Gasteiger partial charge in [-0.25, -0.2) is 0 Å². The fourth-order valence-corrected chi connectivity index (χ4v) is 1.49. The Morgan fingerprint density at radius 3 is 2.29 bits per heavy atom. The average Bonchev–Trinajstić information content (AvgIpc) is 2.18. The number of carbonyl (C=O) groups is 1. The fraction of sp³-hybridized carbons (Fsp3) is 0.417. The van der Waals surface area contributed by atoms with E-state index in [4.69, 9.17) is 11.6 Å². The molecule has 0 saturated carbocycles. The molecule has 0 aliphatic carbocycles. The Hall–Kier alpha value is -0.820. The number of aldehydes is 1. The van der Waals surface area contributed by atoms with Crippen molar-refractivity contribution in [1.29, 1.82) is 0 Å². The molecule has 0 aromatic heterocycles. The van der Waals surface area contributed by atoms with Gasteiger partial charge in [-0.15, -0.1) is 11.6 Å². The van der Waals surface area contributed by atoms with Crippen molar-refractivity contribution in [2.24, 2.45) is 0 Å². The minimum Gasteiger partial charge on any atom is -0.302 e. The SMILES string of the molecule is CC(C)c1ccc(CC(Cl)C=O)cc1. The second-order valence-electron chi connectivity index (χ2n) is 3.75. The van der Waals surface area contributed by atoms with Gasteiger partial charge in [0.25, 0.3) is 0 Å². The fourth-order valence-electron chi connectivity index (χ4n) is 1.31. The first kappa shape index (κ1) is 11.3. The molecular formula is C12H15ClO. The summed E-state index contributed by atoms with van der Waals surface area (Å²) < 4.78 is 0. The van der Waals surface area contributed by atoms with Gasteiger partial charge in [-0.3, -0.25) is 0 Å². The summed E-state index contributed by atoms with van der Waals surface area (Å²) >= 11 is 5.73. The van der Waals surface area contributed by atoms with Crippen LogP contribution in [0.25, 0.3) is 0 Å². The van der Waals surface area contributed by atoms with Crippen molar-refractivity contribution >= 4 is 17.9 Å². The average molecular weight is 211 g/mol. The number of alkyl halides is 1. The predicted molar refractivity (Wildman–Crippen MR) is 59.9 cm³/mol. The molecule has 0 spiro atoms. The maximum Gasteiger partial charge on any atom is 0.138 e. The standard InChI is InChI=1S/C12H15ClO/c1-9(2)11-5-3-10(4-6-11)7-12(13)8-14/h3-6,8-9,12H,7H2,1-2H3. The third kappa shape index (κ3) is 3.15. The Kier molecular flexibility index (Phi) is 4.15. The smallest absolute Gasteiger partial charge is 0.138 e. The molecule has 0 aliphatic rings. The molecule has 0 N–H and O–H groups in total. The molecule has 1 aromatic carbocycles. The first-order valence-corrected chi connectivity index (χ1v) is 5.25. The van der Waals surface area contributed by atoms with Crippen molar-refractivity contribution in [2.45, 2.75) is 31.6 Å². The summed E-state index contributed by atoms with van der Waals surface area (Å²) in [7, 11) is 0. The maximum atomic E-state index is 10.4. The molecule has 0 amide bonds. The summed E-state index contributed by atoms with van der Waals surface area (Å²) in [6.07, 6.45) is 1.39. The van der Waals surface area contributed by atoms with Gasteiger partial charge in [0.1, 0.15) is 6.29 Å². The lowest BCUT2D eigenvalue weighted by Crippen LogP contribution is -2.04. The Bertz CT molecular complexity index is 290.